The minimum atomic E-state index is -2.80. The lowest BCUT2D eigenvalue weighted by Crippen LogP contribution is -2.46. The molecule has 3 unspecified atom stereocenters. The molecule has 2 aliphatic rings. The third-order valence-electron chi connectivity index (χ3n) is 3.89. The summed E-state index contributed by atoms with van der Waals surface area (Å²) in [4.78, 5) is 2.14. The van der Waals surface area contributed by atoms with E-state index in [1.54, 1.807) is 0 Å². The van der Waals surface area contributed by atoms with Crippen LogP contribution in [0.2, 0.25) is 0 Å². The zero-order chi connectivity index (χ0) is 12.5. The van der Waals surface area contributed by atoms with Gasteiger partial charge in [0.1, 0.15) is 0 Å². The van der Waals surface area contributed by atoms with Gasteiger partial charge in [0, 0.05) is 31.2 Å². The zero-order valence-electron chi connectivity index (χ0n) is 10.3. The predicted molar refractivity (Wildman–Crippen MR) is 66.6 cm³/mol. The van der Waals surface area contributed by atoms with Gasteiger partial charge in [-0.05, 0) is 19.9 Å². The summed E-state index contributed by atoms with van der Waals surface area (Å²) in [7, 11) is -0.806. The Morgan fingerprint density at radius 3 is 2.76 bits per heavy atom. The molecular formula is C11H22N2O3S. The molecule has 2 aliphatic heterocycles. The highest BCUT2D eigenvalue weighted by Gasteiger charge is 2.33. The number of nitrogens with zero attached hydrogens (tertiary/aromatic N) is 1. The lowest BCUT2D eigenvalue weighted by molar-refractivity contribution is 0.0253. The maximum atomic E-state index is 11.4. The molecule has 6 heteroatoms. The molecule has 0 spiro atoms. The van der Waals surface area contributed by atoms with Gasteiger partial charge in [0.2, 0.25) is 0 Å². The Labute approximate surface area is 103 Å². The van der Waals surface area contributed by atoms with E-state index in [-0.39, 0.29) is 12.1 Å². The standard InChI is InChI=1S/C11H22N2O3S/c1-13(10-3-5-17(14,15)8-10)6-9-7-16-4-2-11(9)12/h9-11H,2-8,12H2,1H3. The molecule has 2 saturated heterocycles. The number of sulfone groups is 1. The molecule has 0 aromatic carbocycles. The van der Waals surface area contributed by atoms with E-state index in [9.17, 15) is 8.42 Å². The summed E-state index contributed by atoms with van der Waals surface area (Å²) >= 11 is 0. The van der Waals surface area contributed by atoms with Crippen LogP contribution >= 0.6 is 0 Å². The topological polar surface area (TPSA) is 72.6 Å². The predicted octanol–water partition coefficient (Wildman–Crippen LogP) is -0.531. The first-order chi connectivity index (χ1) is 7.98. The minimum Gasteiger partial charge on any atom is -0.381 e. The maximum absolute atomic E-state index is 11.4. The van der Waals surface area contributed by atoms with Crippen molar-refractivity contribution in [2.24, 2.45) is 11.7 Å². The Bertz CT molecular complexity index is 358. The first-order valence-corrected chi connectivity index (χ1v) is 8.04. The lowest BCUT2D eigenvalue weighted by Gasteiger charge is -2.34. The van der Waals surface area contributed by atoms with Crippen molar-refractivity contribution >= 4 is 9.84 Å². The van der Waals surface area contributed by atoms with Crippen molar-refractivity contribution in [3.63, 3.8) is 0 Å². The zero-order valence-corrected chi connectivity index (χ0v) is 11.2. The van der Waals surface area contributed by atoms with Gasteiger partial charge in [0.15, 0.2) is 9.84 Å². The van der Waals surface area contributed by atoms with Crippen LogP contribution < -0.4 is 5.73 Å². The molecule has 2 rings (SSSR count). The number of nitrogens with two attached hydrogens (primary N) is 1. The van der Waals surface area contributed by atoms with Crippen LogP contribution in [0.25, 0.3) is 0 Å². The first kappa shape index (κ1) is 13.3. The summed E-state index contributed by atoms with van der Waals surface area (Å²) in [6.07, 6.45) is 1.66. The van der Waals surface area contributed by atoms with Crippen LogP contribution in [-0.2, 0) is 14.6 Å². The molecule has 0 radical (unpaired) electrons. The van der Waals surface area contributed by atoms with E-state index in [2.05, 4.69) is 4.90 Å². The highest BCUT2D eigenvalue weighted by molar-refractivity contribution is 7.91. The summed E-state index contributed by atoms with van der Waals surface area (Å²) in [6.45, 7) is 2.28. The summed E-state index contributed by atoms with van der Waals surface area (Å²) < 4.78 is 28.3. The van der Waals surface area contributed by atoms with E-state index in [0.717, 1.165) is 26.0 Å². The Morgan fingerprint density at radius 1 is 1.41 bits per heavy atom. The number of ether oxygens (including phenoxy) is 1. The largest absolute Gasteiger partial charge is 0.381 e. The third-order valence-corrected chi connectivity index (χ3v) is 5.64. The van der Waals surface area contributed by atoms with Crippen LogP contribution in [0, 0.1) is 5.92 Å². The van der Waals surface area contributed by atoms with Crippen molar-refractivity contribution in [2.75, 3.05) is 38.3 Å². The van der Waals surface area contributed by atoms with Crippen LogP contribution in [0.3, 0.4) is 0 Å². The Kier molecular flexibility index (Phi) is 4.07. The molecule has 0 aromatic rings. The average molecular weight is 262 g/mol. The monoisotopic (exact) mass is 262 g/mol. The molecule has 3 atom stereocenters. The van der Waals surface area contributed by atoms with Crippen molar-refractivity contribution in [1.82, 2.24) is 4.90 Å². The molecule has 100 valence electrons. The Hall–Kier alpha value is -0.170. The van der Waals surface area contributed by atoms with E-state index in [1.165, 1.54) is 0 Å². The van der Waals surface area contributed by atoms with Gasteiger partial charge in [-0.3, -0.25) is 0 Å². The second-order valence-electron chi connectivity index (χ2n) is 5.28. The summed E-state index contributed by atoms with van der Waals surface area (Å²) in [5, 5.41) is 0. The molecule has 2 fully saturated rings. The molecular weight excluding hydrogens is 240 g/mol. The van der Waals surface area contributed by atoms with Crippen LogP contribution in [0.15, 0.2) is 0 Å². The smallest absolute Gasteiger partial charge is 0.151 e. The average Bonchev–Trinajstić information content (AvgIpc) is 2.62. The fourth-order valence-corrected chi connectivity index (χ4v) is 4.45. The van der Waals surface area contributed by atoms with Crippen LogP contribution in [0.1, 0.15) is 12.8 Å². The number of rotatable bonds is 3. The van der Waals surface area contributed by atoms with Gasteiger partial charge in [-0.1, -0.05) is 0 Å². The molecule has 0 aromatic heterocycles. The summed E-state index contributed by atoms with van der Waals surface area (Å²) in [6, 6.07) is 0.346. The van der Waals surface area contributed by atoms with Gasteiger partial charge in [-0.2, -0.15) is 0 Å². The van der Waals surface area contributed by atoms with Crippen LogP contribution in [0.4, 0.5) is 0 Å². The Balaban J connectivity index is 1.86. The maximum Gasteiger partial charge on any atom is 0.151 e. The third kappa shape index (κ3) is 3.40. The van der Waals surface area contributed by atoms with Gasteiger partial charge in [-0.25, -0.2) is 8.42 Å². The van der Waals surface area contributed by atoms with E-state index in [4.69, 9.17) is 10.5 Å². The summed E-state index contributed by atoms with van der Waals surface area (Å²) in [5.41, 5.74) is 6.05. The van der Waals surface area contributed by atoms with Gasteiger partial charge in [0.25, 0.3) is 0 Å². The molecule has 0 aliphatic carbocycles. The van der Waals surface area contributed by atoms with Crippen molar-refractivity contribution in [3.8, 4) is 0 Å². The quantitative estimate of drug-likeness (QED) is 0.740. The molecule has 0 bridgehead atoms. The van der Waals surface area contributed by atoms with Crippen molar-refractivity contribution in [1.29, 1.82) is 0 Å². The van der Waals surface area contributed by atoms with E-state index in [0.29, 0.717) is 24.0 Å². The molecule has 2 N–H and O–H groups in total. The molecule has 5 nitrogen and oxygen atoms in total. The fourth-order valence-electron chi connectivity index (χ4n) is 2.64. The second kappa shape index (κ2) is 5.22. The molecule has 2 heterocycles. The van der Waals surface area contributed by atoms with E-state index in [1.807, 2.05) is 7.05 Å². The second-order valence-corrected chi connectivity index (χ2v) is 7.51. The van der Waals surface area contributed by atoms with Gasteiger partial charge < -0.3 is 15.4 Å². The normalized spacial score (nSPS) is 37.5. The van der Waals surface area contributed by atoms with E-state index < -0.39 is 9.84 Å². The van der Waals surface area contributed by atoms with E-state index >= 15 is 0 Å². The number of hydrogen-bond acceptors (Lipinski definition) is 5. The SMILES string of the molecule is CN(CC1COCCC1N)C1CCS(=O)(=O)C1. The minimum absolute atomic E-state index is 0.161. The fraction of sp³-hybridized carbons (Fsp3) is 1.00. The van der Waals surface area contributed by atoms with Crippen molar-refractivity contribution in [3.05, 3.63) is 0 Å². The van der Waals surface area contributed by atoms with Gasteiger partial charge in [-0.15, -0.1) is 0 Å². The highest BCUT2D eigenvalue weighted by atomic mass is 32.2. The highest BCUT2D eigenvalue weighted by Crippen LogP contribution is 2.20. The van der Waals surface area contributed by atoms with Crippen LogP contribution in [0.5, 0.6) is 0 Å². The number of hydrogen-bond donors (Lipinski definition) is 1. The van der Waals surface area contributed by atoms with Crippen LogP contribution in [-0.4, -0.2) is 63.7 Å². The van der Waals surface area contributed by atoms with Gasteiger partial charge in [0.05, 0.1) is 18.1 Å². The van der Waals surface area contributed by atoms with Crippen molar-refractivity contribution < 1.29 is 13.2 Å². The van der Waals surface area contributed by atoms with Crippen molar-refractivity contribution in [2.45, 2.75) is 24.9 Å². The Morgan fingerprint density at radius 2 is 2.18 bits per heavy atom. The lowest BCUT2D eigenvalue weighted by atomic mass is 9.95. The first-order valence-electron chi connectivity index (χ1n) is 6.22. The van der Waals surface area contributed by atoms with Gasteiger partial charge >= 0.3 is 0 Å². The summed E-state index contributed by atoms with van der Waals surface area (Å²) in [5.74, 6) is 0.957. The molecule has 0 saturated carbocycles. The molecule has 0 amide bonds. The molecule has 17 heavy (non-hydrogen) atoms.